The van der Waals surface area contributed by atoms with Crippen LogP contribution in [0.3, 0.4) is 0 Å². The summed E-state index contributed by atoms with van der Waals surface area (Å²) in [4.78, 5) is 12.3. The normalized spacial score (nSPS) is 14.5. The Balaban J connectivity index is 2.21. The topological polar surface area (TPSA) is 59.3 Å². The summed E-state index contributed by atoms with van der Waals surface area (Å²) in [5.74, 6) is 0.577. The van der Waals surface area contributed by atoms with Gasteiger partial charge in [-0.05, 0) is 39.0 Å². The van der Waals surface area contributed by atoms with Crippen LogP contribution in [0.25, 0.3) is 11.3 Å². The lowest BCUT2D eigenvalue weighted by atomic mass is 9.94. The van der Waals surface area contributed by atoms with E-state index in [1.54, 1.807) is 13.0 Å². The van der Waals surface area contributed by atoms with Crippen LogP contribution in [0.15, 0.2) is 54.1 Å². The van der Waals surface area contributed by atoms with Crippen LogP contribution >= 0.6 is 0 Å². The van der Waals surface area contributed by atoms with Crippen molar-refractivity contribution in [2.45, 2.75) is 20.8 Å². The summed E-state index contributed by atoms with van der Waals surface area (Å²) in [5, 5.41) is 9.58. The van der Waals surface area contributed by atoms with Gasteiger partial charge in [0, 0.05) is 16.7 Å². The van der Waals surface area contributed by atoms with E-state index in [0.717, 1.165) is 16.7 Å². The summed E-state index contributed by atoms with van der Waals surface area (Å²) in [5.41, 5.74) is 4.24. The van der Waals surface area contributed by atoms with E-state index in [4.69, 9.17) is 9.47 Å². The minimum Gasteiger partial charge on any atom is -0.462 e. The molecule has 0 radical (unpaired) electrons. The van der Waals surface area contributed by atoms with Gasteiger partial charge in [-0.25, -0.2) is 4.79 Å². The Bertz CT molecular complexity index is 960. The fraction of sp³-hybridized carbons (Fsp3) is 0.182. The number of hydrogen-bond donors (Lipinski definition) is 0. The molecule has 1 heterocycles. The zero-order valence-electron chi connectivity index (χ0n) is 15.0. The Labute approximate surface area is 153 Å². The molecule has 0 unspecified atom stereocenters. The highest BCUT2D eigenvalue weighted by Gasteiger charge is 2.24. The van der Waals surface area contributed by atoms with Gasteiger partial charge in [0.05, 0.1) is 6.61 Å². The molecule has 0 fully saturated rings. The maximum absolute atomic E-state index is 12.3. The first-order valence-electron chi connectivity index (χ1n) is 8.42. The van der Waals surface area contributed by atoms with Crippen LogP contribution in [0.1, 0.15) is 29.2 Å². The molecular formula is C22H19NO3. The Morgan fingerprint density at radius 2 is 1.81 bits per heavy atom. The highest BCUT2D eigenvalue weighted by molar-refractivity contribution is 6.06. The van der Waals surface area contributed by atoms with Gasteiger partial charge in [0.1, 0.15) is 23.2 Å². The summed E-state index contributed by atoms with van der Waals surface area (Å²) >= 11 is 0. The minimum atomic E-state index is -0.626. The highest BCUT2D eigenvalue weighted by atomic mass is 16.5. The molecule has 0 aromatic heterocycles. The van der Waals surface area contributed by atoms with Gasteiger partial charge in [-0.1, -0.05) is 41.5 Å². The third-order valence-electron chi connectivity index (χ3n) is 4.12. The Morgan fingerprint density at radius 1 is 1.12 bits per heavy atom. The molecule has 0 saturated heterocycles. The molecule has 0 atom stereocenters. The van der Waals surface area contributed by atoms with Crippen LogP contribution in [0.2, 0.25) is 0 Å². The molecule has 1 aliphatic heterocycles. The smallest absolute Gasteiger partial charge is 0.349 e. The first-order valence-corrected chi connectivity index (χ1v) is 8.42. The summed E-state index contributed by atoms with van der Waals surface area (Å²) in [6, 6.07) is 15.6. The van der Waals surface area contributed by atoms with Crippen molar-refractivity contribution in [1.82, 2.24) is 0 Å². The molecule has 2 aromatic carbocycles. The van der Waals surface area contributed by atoms with Crippen molar-refractivity contribution in [3.63, 3.8) is 0 Å². The van der Waals surface area contributed by atoms with Crippen molar-refractivity contribution >= 4 is 17.3 Å². The van der Waals surface area contributed by atoms with Crippen molar-refractivity contribution in [2.24, 2.45) is 0 Å². The number of esters is 1. The van der Waals surface area contributed by atoms with Gasteiger partial charge >= 0.3 is 5.97 Å². The third-order valence-corrected chi connectivity index (χ3v) is 4.12. The number of benzene rings is 2. The first kappa shape index (κ1) is 17.5. The molecule has 0 N–H and O–H groups in total. The van der Waals surface area contributed by atoms with E-state index in [1.165, 1.54) is 0 Å². The predicted molar refractivity (Wildman–Crippen MR) is 100 cm³/mol. The van der Waals surface area contributed by atoms with Gasteiger partial charge in [-0.2, -0.15) is 5.26 Å². The van der Waals surface area contributed by atoms with Crippen LogP contribution in [-0.2, 0) is 9.53 Å². The summed E-state index contributed by atoms with van der Waals surface area (Å²) in [7, 11) is 0. The summed E-state index contributed by atoms with van der Waals surface area (Å²) in [6.45, 7) is 5.89. The molecule has 4 nitrogen and oxygen atoms in total. The zero-order valence-corrected chi connectivity index (χ0v) is 15.0. The molecule has 1 aliphatic rings. The zero-order chi connectivity index (χ0) is 18.7. The van der Waals surface area contributed by atoms with E-state index in [1.807, 2.05) is 62.4 Å². The largest absolute Gasteiger partial charge is 0.462 e. The van der Waals surface area contributed by atoms with Crippen molar-refractivity contribution < 1.29 is 14.3 Å². The van der Waals surface area contributed by atoms with E-state index in [0.29, 0.717) is 22.6 Å². The monoisotopic (exact) mass is 345 g/mol. The average Bonchev–Trinajstić information content (AvgIpc) is 2.63. The van der Waals surface area contributed by atoms with Crippen LogP contribution in [0, 0.1) is 25.2 Å². The predicted octanol–water partition coefficient (Wildman–Crippen LogP) is 4.58. The molecule has 2 aromatic rings. The highest BCUT2D eigenvalue weighted by Crippen LogP contribution is 2.39. The molecule has 3 rings (SSSR count). The molecule has 4 heteroatoms. The van der Waals surface area contributed by atoms with Crippen molar-refractivity contribution in [3.05, 3.63) is 76.4 Å². The van der Waals surface area contributed by atoms with Crippen LogP contribution in [0.4, 0.5) is 0 Å². The van der Waals surface area contributed by atoms with Crippen LogP contribution in [-0.4, -0.2) is 12.6 Å². The molecule has 0 saturated carbocycles. The molecule has 0 spiro atoms. The number of nitrogens with zero attached hydrogens (tertiary/aromatic N) is 1. The standard InChI is InChI=1S/C22H19NO3/c1-4-25-22(24)19(13-23)17-12-21(16-8-5-14(2)6-9-16)26-20-10-7-15(3)11-18(17)20/h5-12H,4H2,1-3H3. The Kier molecular flexibility index (Phi) is 4.90. The van der Waals surface area contributed by atoms with E-state index in [2.05, 4.69) is 0 Å². The van der Waals surface area contributed by atoms with Crippen molar-refractivity contribution in [3.8, 4) is 11.8 Å². The average molecular weight is 345 g/mol. The number of carbonyl (C=O) groups is 1. The molecule has 26 heavy (non-hydrogen) atoms. The minimum absolute atomic E-state index is 0.0217. The lowest BCUT2D eigenvalue weighted by Gasteiger charge is -2.22. The van der Waals surface area contributed by atoms with E-state index >= 15 is 0 Å². The second-order valence-corrected chi connectivity index (χ2v) is 6.10. The van der Waals surface area contributed by atoms with E-state index < -0.39 is 5.97 Å². The number of aryl methyl sites for hydroxylation is 2. The van der Waals surface area contributed by atoms with Crippen LogP contribution < -0.4 is 4.74 Å². The van der Waals surface area contributed by atoms with Crippen molar-refractivity contribution in [1.29, 1.82) is 5.26 Å². The van der Waals surface area contributed by atoms with E-state index in [9.17, 15) is 10.1 Å². The number of hydrogen-bond acceptors (Lipinski definition) is 4. The first-order chi connectivity index (χ1) is 12.5. The second kappa shape index (κ2) is 7.28. The third kappa shape index (κ3) is 3.38. The number of nitriles is 1. The number of allylic oxidation sites excluding steroid dienone is 2. The maximum atomic E-state index is 12.3. The Hall–Kier alpha value is -3.32. The van der Waals surface area contributed by atoms with Crippen molar-refractivity contribution in [2.75, 3.05) is 6.61 Å². The molecular weight excluding hydrogens is 326 g/mol. The second-order valence-electron chi connectivity index (χ2n) is 6.10. The van der Waals surface area contributed by atoms with Crippen LogP contribution in [0.5, 0.6) is 5.75 Å². The van der Waals surface area contributed by atoms with Gasteiger partial charge in [0.25, 0.3) is 0 Å². The van der Waals surface area contributed by atoms with Gasteiger partial charge in [-0.15, -0.1) is 0 Å². The lowest BCUT2D eigenvalue weighted by molar-refractivity contribution is -0.137. The fourth-order valence-corrected chi connectivity index (χ4v) is 2.79. The summed E-state index contributed by atoms with van der Waals surface area (Å²) in [6.07, 6.45) is 1.74. The number of fused-ring (bicyclic) bond motifs is 1. The Morgan fingerprint density at radius 3 is 2.46 bits per heavy atom. The quantitative estimate of drug-likeness (QED) is 0.464. The number of ether oxygens (including phenoxy) is 2. The number of carbonyl (C=O) groups excluding carboxylic acids is 1. The molecule has 130 valence electrons. The molecule has 0 amide bonds. The molecule has 0 aliphatic carbocycles. The lowest BCUT2D eigenvalue weighted by Crippen LogP contribution is -2.11. The maximum Gasteiger partial charge on any atom is 0.349 e. The summed E-state index contributed by atoms with van der Waals surface area (Å²) < 4.78 is 11.1. The molecule has 0 bridgehead atoms. The fourth-order valence-electron chi connectivity index (χ4n) is 2.79. The number of rotatable bonds is 3. The SMILES string of the molecule is CCOC(=O)C(C#N)=C1C=C(c2ccc(C)cc2)Oc2ccc(C)cc21. The van der Waals surface area contributed by atoms with Gasteiger partial charge in [0.15, 0.2) is 0 Å². The van der Waals surface area contributed by atoms with Gasteiger partial charge in [0.2, 0.25) is 0 Å². The van der Waals surface area contributed by atoms with E-state index in [-0.39, 0.29) is 12.2 Å². The van der Waals surface area contributed by atoms with Gasteiger partial charge < -0.3 is 9.47 Å². The van der Waals surface area contributed by atoms with Gasteiger partial charge in [-0.3, -0.25) is 0 Å².